The van der Waals surface area contributed by atoms with Gasteiger partial charge in [-0.3, -0.25) is 0 Å². The van der Waals surface area contributed by atoms with Gasteiger partial charge < -0.3 is 26.1 Å². The molecular weight excluding hydrogens is 234 g/mol. The number of nitrogens with zero attached hydrogens (tertiary/aromatic N) is 1. The molecule has 0 aliphatic carbocycles. The Kier molecular flexibility index (Phi) is 5.37. The van der Waals surface area contributed by atoms with Gasteiger partial charge in [-0.15, -0.1) is 0 Å². The highest BCUT2D eigenvalue weighted by atomic mass is 16.5. The molecule has 0 aromatic rings. The summed E-state index contributed by atoms with van der Waals surface area (Å²) in [5, 5.41) is 24.9. The van der Waals surface area contributed by atoms with Crippen molar-refractivity contribution < 1.29 is 15.1 Å². The Balaban J connectivity index is 2.15. The highest BCUT2D eigenvalue weighted by molar-refractivity contribution is 5.85. The molecular formula is C12H25N3O3. The van der Waals surface area contributed by atoms with Crippen LogP contribution in [0.25, 0.3) is 0 Å². The highest BCUT2D eigenvalue weighted by Gasteiger charge is 2.31. The molecule has 1 rings (SSSR count). The van der Waals surface area contributed by atoms with Crippen LogP contribution >= 0.6 is 0 Å². The molecule has 6 nitrogen and oxygen atoms in total. The fourth-order valence-electron chi connectivity index (χ4n) is 1.98. The van der Waals surface area contributed by atoms with E-state index >= 15 is 0 Å². The largest absolute Gasteiger partial charge is 0.409 e. The molecule has 1 aliphatic rings. The van der Waals surface area contributed by atoms with Crippen molar-refractivity contribution in [3.05, 3.63) is 0 Å². The zero-order chi connectivity index (χ0) is 13.6. The van der Waals surface area contributed by atoms with Crippen molar-refractivity contribution in [1.82, 2.24) is 5.32 Å². The van der Waals surface area contributed by atoms with Crippen LogP contribution in [-0.2, 0) is 4.74 Å². The van der Waals surface area contributed by atoms with Gasteiger partial charge in [0.1, 0.15) is 11.4 Å². The standard InChI is InChI=1S/C12H25N3O3/c1-11(2,10(13)15-17)4-3-6-14-8-12(16)5-7-18-9-12/h14,16-17H,3-9H2,1-2H3,(H2,13,15). The maximum absolute atomic E-state index is 10.0. The first-order valence-electron chi connectivity index (χ1n) is 6.38. The first kappa shape index (κ1) is 15.2. The van der Waals surface area contributed by atoms with Gasteiger partial charge in [0.05, 0.1) is 6.61 Å². The summed E-state index contributed by atoms with van der Waals surface area (Å²) in [6.07, 6.45) is 2.42. The maximum Gasteiger partial charge on any atom is 0.144 e. The minimum absolute atomic E-state index is 0.255. The monoisotopic (exact) mass is 259 g/mol. The molecule has 0 aromatic heterocycles. The number of hydrogen-bond donors (Lipinski definition) is 4. The molecule has 0 bridgehead atoms. The third kappa shape index (κ3) is 4.44. The summed E-state index contributed by atoms with van der Waals surface area (Å²) in [6, 6.07) is 0. The average Bonchev–Trinajstić information content (AvgIpc) is 2.74. The van der Waals surface area contributed by atoms with E-state index < -0.39 is 5.60 Å². The number of hydrogen-bond acceptors (Lipinski definition) is 5. The van der Waals surface area contributed by atoms with E-state index in [9.17, 15) is 5.11 Å². The van der Waals surface area contributed by atoms with E-state index in [1.165, 1.54) is 0 Å². The van der Waals surface area contributed by atoms with Crippen molar-refractivity contribution in [2.75, 3.05) is 26.3 Å². The van der Waals surface area contributed by atoms with Gasteiger partial charge in [0.15, 0.2) is 0 Å². The molecule has 1 fully saturated rings. The van der Waals surface area contributed by atoms with Crippen molar-refractivity contribution in [2.45, 2.75) is 38.7 Å². The quantitative estimate of drug-likeness (QED) is 0.173. The Labute approximate surface area is 108 Å². The van der Waals surface area contributed by atoms with Gasteiger partial charge in [0, 0.05) is 25.0 Å². The fourth-order valence-corrected chi connectivity index (χ4v) is 1.98. The average molecular weight is 259 g/mol. The Hall–Kier alpha value is -0.850. The van der Waals surface area contributed by atoms with Gasteiger partial charge in [0.2, 0.25) is 0 Å². The number of ether oxygens (including phenoxy) is 1. The summed E-state index contributed by atoms with van der Waals surface area (Å²) in [6.45, 7) is 6.28. The summed E-state index contributed by atoms with van der Waals surface area (Å²) in [4.78, 5) is 0. The summed E-state index contributed by atoms with van der Waals surface area (Å²) >= 11 is 0. The van der Waals surface area contributed by atoms with Crippen LogP contribution in [-0.4, -0.2) is 48.1 Å². The van der Waals surface area contributed by atoms with Crippen molar-refractivity contribution in [1.29, 1.82) is 0 Å². The SMILES string of the molecule is CC(C)(CCCNCC1(O)CCOC1)C(N)=NO. The van der Waals surface area contributed by atoms with Crippen molar-refractivity contribution in [2.24, 2.45) is 16.3 Å². The van der Waals surface area contributed by atoms with Crippen LogP contribution in [0, 0.1) is 5.41 Å². The van der Waals surface area contributed by atoms with Crippen molar-refractivity contribution >= 4 is 5.84 Å². The molecule has 1 aliphatic heterocycles. The van der Waals surface area contributed by atoms with E-state index in [0.717, 1.165) is 19.4 Å². The Morgan fingerprint density at radius 2 is 2.28 bits per heavy atom. The predicted octanol–water partition coefficient (Wildman–Crippen LogP) is 0.280. The molecule has 1 saturated heterocycles. The second-order valence-electron chi connectivity index (χ2n) is 5.68. The molecule has 1 heterocycles. The van der Waals surface area contributed by atoms with E-state index in [2.05, 4.69) is 10.5 Å². The molecule has 1 atom stereocenters. The van der Waals surface area contributed by atoms with Gasteiger partial charge in [-0.1, -0.05) is 19.0 Å². The number of nitrogens with two attached hydrogens (primary N) is 1. The molecule has 0 aromatic carbocycles. The Bertz CT molecular complexity index is 286. The van der Waals surface area contributed by atoms with E-state index in [0.29, 0.717) is 26.2 Å². The molecule has 0 saturated carbocycles. The highest BCUT2D eigenvalue weighted by Crippen LogP contribution is 2.22. The Morgan fingerprint density at radius 3 is 2.83 bits per heavy atom. The molecule has 18 heavy (non-hydrogen) atoms. The smallest absolute Gasteiger partial charge is 0.144 e. The first-order valence-corrected chi connectivity index (χ1v) is 6.38. The van der Waals surface area contributed by atoms with E-state index in [1.807, 2.05) is 13.8 Å². The lowest BCUT2D eigenvalue weighted by atomic mass is 9.86. The van der Waals surface area contributed by atoms with Crippen LogP contribution in [0.1, 0.15) is 33.1 Å². The molecule has 106 valence electrons. The zero-order valence-electron chi connectivity index (χ0n) is 11.3. The van der Waals surface area contributed by atoms with Crippen LogP contribution in [0.4, 0.5) is 0 Å². The number of amidine groups is 1. The van der Waals surface area contributed by atoms with Crippen LogP contribution in [0.5, 0.6) is 0 Å². The van der Waals surface area contributed by atoms with Crippen LogP contribution in [0.3, 0.4) is 0 Å². The molecule has 0 amide bonds. The van der Waals surface area contributed by atoms with Gasteiger partial charge in [-0.2, -0.15) is 0 Å². The van der Waals surface area contributed by atoms with Crippen LogP contribution in [0.2, 0.25) is 0 Å². The molecule has 5 N–H and O–H groups in total. The predicted molar refractivity (Wildman–Crippen MR) is 69.7 cm³/mol. The molecule has 1 unspecified atom stereocenters. The van der Waals surface area contributed by atoms with Crippen molar-refractivity contribution in [3.8, 4) is 0 Å². The van der Waals surface area contributed by atoms with Crippen LogP contribution < -0.4 is 11.1 Å². The molecule has 0 spiro atoms. The number of rotatable bonds is 7. The Morgan fingerprint density at radius 1 is 1.56 bits per heavy atom. The minimum atomic E-state index is -0.707. The lowest BCUT2D eigenvalue weighted by molar-refractivity contribution is 0.0271. The number of nitrogens with one attached hydrogen (secondary N) is 1. The second-order valence-corrected chi connectivity index (χ2v) is 5.68. The topological polar surface area (TPSA) is 100 Å². The summed E-state index contributed by atoms with van der Waals surface area (Å²) in [7, 11) is 0. The summed E-state index contributed by atoms with van der Waals surface area (Å²) < 4.78 is 5.17. The second kappa shape index (κ2) is 6.36. The van der Waals surface area contributed by atoms with E-state index in [-0.39, 0.29) is 11.3 Å². The molecule has 0 radical (unpaired) electrons. The lowest BCUT2D eigenvalue weighted by Crippen LogP contribution is -2.41. The normalized spacial score (nSPS) is 25.6. The van der Waals surface area contributed by atoms with E-state index in [1.54, 1.807) is 0 Å². The lowest BCUT2D eigenvalue weighted by Gasteiger charge is -2.24. The van der Waals surface area contributed by atoms with E-state index in [4.69, 9.17) is 15.7 Å². The van der Waals surface area contributed by atoms with Gasteiger partial charge >= 0.3 is 0 Å². The number of oxime groups is 1. The third-order valence-electron chi connectivity index (χ3n) is 3.49. The summed E-state index contributed by atoms with van der Waals surface area (Å²) in [5.41, 5.74) is 4.60. The zero-order valence-corrected chi connectivity index (χ0v) is 11.3. The minimum Gasteiger partial charge on any atom is -0.409 e. The third-order valence-corrected chi connectivity index (χ3v) is 3.49. The van der Waals surface area contributed by atoms with Gasteiger partial charge in [0.25, 0.3) is 0 Å². The van der Waals surface area contributed by atoms with Crippen molar-refractivity contribution in [3.63, 3.8) is 0 Å². The first-order chi connectivity index (χ1) is 8.40. The number of aliphatic hydroxyl groups is 1. The van der Waals surface area contributed by atoms with Gasteiger partial charge in [-0.25, -0.2) is 0 Å². The molecule has 6 heteroatoms. The maximum atomic E-state index is 10.0. The van der Waals surface area contributed by atoms with Gasteiger partial charge in [-0.05, 0) is 19.4 Å². The van der Waals surface area contributed by atoms with Crippen LogP contribution in [0.15, 0.2) is 5.16 Å². The summed E-state index contributed by atoms with van der Waals surface area (Å²) in [5.74, 6) is 0.255. The fraction of sp³-hybridized carbons (Fsp3) is 0.917.